The van der Waals surface area contributed by atoms with Gasteiger partial charge in [0.15, 0.2) is 0 Å². The molecule has 0 saturated heterocycles. The summed E-state index contributed by atoms with van der Waals surface area (Å²) in [5.74, 6) is 0. The molecular weight excluding hydrogens is 346 g/mol. The summed E-state index contributed by atoms with van der Waals surface area (Å²) in [6.07, 6.45) is 0.191. The molecule has 6 heteroatoms. The number of aldehydes is 1. The maximum absolute atomic E-state index is 12.8. The van der Waals surface area contributed by atoms with E-state index < -0.39 is 29.4 Å². The highest BCUT2D eigenvalue weighted by atomic mass is 16.6. The molecule has 0 saturated carbocycles. The molecule has 1 aromatic rings. The van der Waals surface area contributed by atoms with Gasteiger partial charge in [0.05, 0.1) is 6.04 Å². The number of benzene rings is 1. The quantitative estimate of drug-likeness (QED) is 0.669. The lowest BCUT2D eigenvalue weighted by Gasteiger charge is -2.33. The molecule has 2 amide bonds. The lowest BCUT2D eigenvalue weighted by atomic mass is 10.0. The largest absolute Gasteiger partial charge is 0.443 e. The van der Waals surface area contributed by atoms with Gasteiger partial charge < -0.3 is 14.3 Å². The third-order valence-electron chi connectivity index (χ3n) is 3.48. The highest BCUT2D eigenvalue weighted by Gasteiger charge is 2.36. The lowest BCUT2D eigenvalue weighted by Crippen LogP contribution is -2.49. The van der Waals surface area contributed by atoms with Crippen LogP contribution in [0.4, 0.5) is 9.59 Å². The smallest absolute Gasteiger partial charge is 0.420 e. The van der Waals surface area contributed by atoms with Crippen LogP contribution in [0, 0.1) is 0 Å². The van der Waals surface area contributed by atoms with E-state index in [-0.39, 0.29) is 6.42 Å². The Bertz CT molecular complexity index is 600. The van der Waals surface area contributed by atoms with Crippen LogP contribution in [0.5, 0.6) is 0 Å². The molecule has 27 heavy (non-hydrogen) atoms. The third-order valence-corrected chi connectivity index (χ3v) is 3.48. The Morgan fingerprint density at radius 3 is 1.85 bits per heavy atom. The van der Waals surface area contributed by atoms with Crippen molar-refractivity contribution in [1.29, 1.82) is 0 Å². The second-order valence-corrected chi connectivity index (χ2v) is 8.42. The molecule has 6 nitrogen and oxygen atoms in total. The molecule has 0 radical (unpaired) electrons. The van der Waals surface area contributed by atoms with E-state index in [1.807, 2.05) is 30.3 Å². The molecule has 0 spiro atoms. The fraction of sp³-hybridized carbons (Fsp3) is 0.571. The summed E-state index contributed by atoms with van der Waals surface area (Å²) in [5, 5.41) is 0. The first-order valence-electron chi connectivity index (χ1n) is 9.15. The molecule has 0 fully saturated rings. The molecule has 0 N–H and O–H groups in total. The van der Waals surface area contributed by atoms with Gasteiger partial charge in [-0.25, -0.2) is 14.5 Å². The van der Waals surface area contributed by atoms with E-state index in [9.17, 15) is 14.4 Å². The Morgan fingerprint density at radius 1 is 0.963 bits per heavy atom. The van der Waals surface area contributed by atoms with Gasteiger partial charge in [-0.15, -0.1) is 0 Å². The lowest BCUT2D eigenvalue weighted by molar-refractivity contribution is -0.108. The fourth-order valence-electron chi connectivity index (χ4n) is 2.46. The van der Waals surface area contributed by atoms with E-state index in [0.29, 0.717) is 12.8 Å². The topological polar surface area (TPSA) is 72.9 Å². The summed E-state index contributed by atoms with van der Waals surface area (Å²) < 4.78 is 10.9. The normalized spacial score (nSPS) is 12.8. The summed E-state index contributed by atoms with van der Waals surface area (Å²) in [4.78, 5) is 37.5. The zero-order chi connectivity index (χ0) is 20.7. The van der Waals surface area contributed by atoms with Crippen LogP contribution in [0.15, 0.2) is 30.3 Å². The van der Waals surface area contributed by atoms with Gasteiger partial charge in [0, 0.05) is 6.42 Å². The van der Waals surface area contributed by atoms with Crippen molar-refractivity contribution in [3.8, 4) is 0 Å². The predicted octanol–water partition coefficient (Wildman–Crippen LogP) is 4.75. The number of imide groups is 1. The minimum atomic E-state index is -0.774. The molecule has 0 unspecified atom stereocenters. The first kappa shape index (κ1) is 22.7. The fourth-order valence-corrected chi connectivity index (χ4v) is 2.46. The van der Waals surface area contributed by atoms with Crippen molar-refractivity contribution < 1.29 is 23.9 Å². The number of carbonyl (C=O) groups excluding carboxylic acids is 3. The van der Waals surface area contributed by atoms with Crippen molar-refractivity contribution >= 4 is 18.5 Å². The molecule has 0 aliphatic heterocycles. The van der Waals surface area contributed by atoms with Gasteiger partial charge in [0.2, 0.25) is 0 Å². The molecule has 0 aromatic heterocycles. The van der Waals surface area contributed by atoms with Gasteiger partial charge in [0.25, 0.3) is 0 Å². The van der Waals surface area contributed by atoms with E-state index >= 15 is 0 Å². The summed E-state index contributed by atoms with van der Waals surface area (Å²) >= 11 is 0. The van der Waals surface area contributed by atoms with Crippen molar-refractivity contribution in [2.24, 2.45) is 0 Å². The maximum Gasteiger partial charge on any atom is 0.420 e. The molecule has 0 aliphatic rings. The van der Waals surface area contributed by atoms with Crippen LogP contribution >= 0.6 is 0 Å². The Labute approximate surface area is 161 Å². The molecule has 0 aliphatic carbocycles. The van der Waals surface area contributed by atoms with E-state index in [2.05, 4.69) is 0 Å². The Balaban J connectivity index is 3.19. The van der Waals surface area contributed by atoms with Crippen LogP contribution in [0.3, 0.4) is 0 Å². The number of nitrogens with zero attached hydrogens (tertiary/aromatic N) is 1. The Kier molecular flexibility index (Phi) is 8.00. The molecule has 0 bridgehead atoms. The average molecular weight is 377 g/mol. The third kappa shape index (κ3) is 8.71. The number of ether oxygens (including phenoxy) is 2. The zero-order valence-corrected chi connectivity index (χ0v) is 17.2. The minimum Gasteiger partial charge on any atom is -0.443 e. The van der Waals surface area contributed by atoms with Gasteiger partial charge in [0.1, 0.15) is 17.5 Å². The summed E-state index contributed by atoms with van der Waals surface area (Å²) in [6, 6.07) is 8.94. The first-order chi connectivity index (χ1) is 12.4. The van der Waals surface area contributed by atoms with Crippen LogP contribution in [0.2, 0.25) is 0 Å². The van der Waals surface area contributed by atoms with Gasteiger partial charge in [-0.1, -0.05) is 30.3 Å². The first-order valence-corrected chi connectivity index (χ1v) is 9.15. The summed E-state index contributed by atoms with van der Waals surface area (Å²) in [6.45, 7) is 10.4. The minimum absolute atomic E-state index is 0.222. The average Bonchev–Trinajstić information content (AvgIpc) is 2.50. The predicted molar refractivity (Wildman–Crippen MR) is 104 cm³/mol. The maximum atomic E-state index is 12.8. The standard InChI is InChI=1S/C21H31NO5/c1-20(2,3)26-18(24)22(19(25)27-21(4,5)6)17(13-10-14-23)15-16-11-8-7-9-12-16/h7-9,11-12,14,17H,10,13,15H2,1-6H3/t17-/m1/s1. The zero-order valence-electron chi connectivity index (χ0n) is 17.2. The molecule has 1 rings (SSSR count). The second kappa shape index (κ2) is 9.53. The second-order valence-electron chi connectivity index (χ2n) is 8.42. The SMILES string of the molecule is CC(C)(C)OC(=O)N(C(=O)OC(C)(C)C)[C@H](CCC=O)Cc1ccccc1. The van der Waals surface area contributed by atoms with Crippen LogP contribution in [0.25, 0.3) is 0 Å². The van der Waals surface area contributed by atoms with Crippen LogP contribution in [-0.4, -0.2) is 40.6 Å². The number of carbonyl (C=O) groups is 3. The molecule has 1 atom stereocenters. The number of amides is 2. The van der Waals surface area contributed by atoms with E-state index in [0.717, 1.165) is 16.7 Å². The number of hydrogen-bond acceptors (Lipinski definition) is 5. The van der Waals surface area contributed by atoms with Crippen LogP contribution in [-0.2, 0) is 20.7 Å². The van der Waals surface area contributed by atoms with Gasteiger partial charge in [-0.3, -0.25) is 0 Å². The van der Waals surface area contributed by atoms with Gasteiger partial charge in [-0.05, 0) is 59.9 Å². The van der Waals surface area contributed by atoms with Crippen LogP contribution in [0.1, 0.15) is 59.9 Å². The molecule has 0 heterocycles. The van der Waals surface area contributed by atoms with Crippen molar-refractivity contribution in [2.75, 3.05) is 0 Å². The van der Waals surface area contributed by atoms with E-state index in [1.165, 1.54) is 0 Å². The van der Waals surface area contributed by atoms with E-state index in [4.69, 9.17) is 9.47 Å². The number of hydrogen-bond donors (Lipinski definition) is 0. The van der Waals surface area contributed by atoms with Crippen molar-refractivity contribution in [1.82, 2.24) is 4.90 Å². The Morgan fingerprint density at radius 2 is 1.44 bits per heavy atom. The molecular formula is C21H31NO5. The van der Waals surface area contributed by atoms with Crippen molar-refractivity contribution in [2.45, 2.75) is 78.0 Å². The monoisotopic (exact) mass is 377 g/mol. The molecule has 150 valence electrons. The summed E-state index contributed by atoms with van der Waals surface area (Å²) in [7, 11) is 0. The molecule has 1 aromatic carbocycles. The highest BCUT2D eigenvalue weighted by Crippen LogP contribution is 2.21. The van der Waals surface area contributed by atoms with Crippen molar-refractivity contribution in [3.63, 3.8) is 0 Å². The van der Waals surface area contributed by atoms with Gasteiger partial charge >= 0.3 is 12.2 Å². The highest BCUT2D eigenvalue weighted by molar-refractivity contribution is 5.88. The van der Waals surface area contributed by atoms with E-state index in [1.54, 1.807) is 41.5 Å². The Hall–Kier alpha value is -2.37. The summed E-state index contributed by atoms with van der Waals surface area (Å²) in [5.41, 5.74) is -0.580. The van der Waals surface area contributed by atoms with Crippen molar-refractivity contribution in [3.05, 3.63) is 35.9 Å². The van der Waals surface area contributed by atoms with Gasteiger partial charge in [-0.2, -0.15) is 0 Å². The van der Waals surface area contributed by atoms with Crippen LogP contribution < -0.4 is 0 Å². The number of rotatable bonds is 6.